The molecule has 7 nitrogen and oxygen atoms in total. The van der Waals surface area contributed by atoms with Crippen molar-refractivity contribution in [1.29, 1.82) is 0 Å². The summed E-state index contributed by atoms with van der Waals surface area (Å²) in [6.07, 6.45) is 0. The second kappa shape index (κ2) is 7.72. The third kappa shape index (κ3) is 3.54. The predicted molar refractivity (Wildman–Crippen MR) is 113 cm³/mol. The molecule has 1 aromatic carbocycles. The number of methoxy groups -OCH3 is 1. The van der Waals surface area contributed by atoms with Gasteiger partial charge in [0.2, 0.25) is 0 Å². The van der Waals surface area contributed by atoms with Gasteiger partial charge in [0.25, 0.3) is 17.7 Å². The smallest absolute Gasteiger partial charge is 0.328 e. The van der Waals surface area contributed by atoms with Crippen LogP contribution in [0.5, 0.6) is 0 Å². The number of fused-ring (bicyclic) bond motifs is 1. The molecule has 0 radical (unpaired) electrons. The summed E-state index contributed by atoms with van der Waals surface area (Å²) in [6.45, 7) is 9.80. The molecule has 1 aromatic rings. The monoisotopic (exact) mass is 426 g/mol. The minimum Gasteiger partial charge on any atom is -0.467 e. The van der Waals surface area contributed by atoms with Crippen molar-refractivity contribution in [1.82, 2.24) is 9.80 Å². The van der Waals surface area contributed by atoms with Crippen molar-refractivity contribution in [3.63, 3.8) is 0 Å². The summed E-state index contributed by atoms with van der Waals surface area (Å²) in [5, 5.41) is 0. The van der Waals surface area contributed by atoms with E-state index in [0.717, 1.165) is 4.90 Å². The largest absolute Gasteiger partial charge is 0.467 e. The summed E-state index contributed by atoms with van der Waals surface area (Å²) in [5.74, 6) is 0.865. The number of carbonyl (C=O) groups excluding carboxylic acids is 4. The van der Waals surface area contributed by atoms with E-state index < -0.39 is 49.9 Å². The molecule has 2 aliphatic heterocycles. The average molecular weight is 427 g/mol. The Balaban J connectivity index is 2.03. The van der Waals surface area contributed by atoms with E-state index in [0.29, 0.717) is 0 Å². The van der Waals surface area contributed by atoms with Crippen molar-refractivity contribution >= 4 is 31.8 Å². The molecule has 3 rings (SSSR count). The number of β-lactam (4-membered cyclic amide) rings is 1. The van der Waals surface area contributed by atoms with Crippen molar-refractivity contribution in [2.45, 2.75) is 51.6 Å². The van der Waals surface area contributed by atoms with Crippen LogP contribution in [0.25, 0.3) is 0 Å². The van der Waals surface area contributed by atoms with Crippen LogP contribution in [0.4, 0.5) is 0 Å². The van der Waals surface area contributed by atoms with Crippen LogP contribution in [0.15, 0.2) is 24.3 Å². The van der Waals surface area contributed by atoms with Gasteiger partial charge in [0.15, 0.2) is 6.04 Å². The third-order valence-corrected chi connectivity index (χ3v) is 6.07. The van der Waals surface area contributed by atoms with Crippen molar-refractivity contribution < 1.29 is 23.9 Å². The third-order valence-electron chi connectivity index (χ3n) is 5.18. The number of hydrogen-bond acceptors (Lipinski definition) is 5. The highest BCUT2D eigenvalue weighted by molar-refractivity contribution is 6.83. The fourth-order valence-electron chi connectivity index (χ4n) is 3.78. The lowest BCUT2D eigenvalue weighted by atomic mass is 9.88. The first-order chi connectivity index (χ1) is 14.0. The lowest BCUT2D eigenvalue weighted by Gasteiger charge is -2.50. The number of ether oxygens (including phenoxy) is 1. The molecule has 0 N–H and O–H groups in total. The maximum atomic E-state index is 13.2. The average Bonchev–Trinajstić information content (AvgIpc) is 2.92. The van der Waals surface area contributed by atoms with Crippen LogP contribution in [-0.2, 0) is 14.3 Å². The number of esters is 1. The van der Waals surface area contributed by atoms with Crippen LogP contribution >= 0.6 is 0 Å². The van der Waals surface area contributed by atoms with Crippen molar-refractivity contribution in [2.75, 3.05) is 7.11 Å². The lowest BCUT2D eigenvalue weighted by molar-refractivity contribution is -0.169. The van der Waals surface area contributed by atoms with Crippen LogP contribution in [0.3, 0.4) is 0 Å². The highest BCUT2D eigenvalue weighted by Crippen LogP contribution is 2.35. The van der Waals surface area contributed by atoms with E-state index >= 15 is 0 Å². The standard InChI is InChI=1S/C22H26N2O5Si/c1-13(2)17(22(28)29-3)23-16(11-12-30(4,5)6)18(21(23)27)24-19(25)14-9-7-8-10-15(14)20(24)26/h7-10,13,16-18H,1-6H3/t16?,17-,18?/m0/s1. The first kappa shape index (κ1) is 21.8. The molecular formula is C22H26N2O5Si. The first-order valence-electron chi connectivity index (χ1n) is 9.89. The zero-order chi connectivity index (χ0) is 22.4. The van der Waals surface area contributed by atoms with Gasteiger partial charge in [0.1, 0.15) is 20.2 Å². The maximum absolute atomic E-state index is 13.2. The van der Waals surface area contributed by atoms with Gasteiger partial charge in [-0.15, -0.1) is 5.54 Å². The van der Waals surface area contributed by atoms with E-state index in [1.807, 2.05) is 13.8 Å². The fraction of sp³-hybridized carbons (Fsp3) is 0.455. The summed E-state index contributed by atoms with van der Waals surface area (Å²) in [7, 11) is -0.552. The van der Waals surface area contributed by atoms with E-state index in [1.165, 1.54) is 12.0 Å². The molecule has 2 aliphatic rings. The van der Waals surface area contributed by atoms with Crippen LogP contribution in [-0.4, -0.2) is 66.8 Å². The number of nitrogens with zero attached hydrogens (tertiary/aromatic N) is 2. The highest BCUT2D eigenvalue weighted by atomic mass is 28.3. The maximum Gasteiger partial charge on any atom is 0.328 e. The van der Waals surface area contributed by atoms with Gasteiger partial charge in [-0.2, -0.15) is 0 Å². The van der Waals surface area contributed by atoms with Crippen molar-refractivity contribution in [3.8, 4) is 11.5 Å². The molecule has 1 fully saturated rings. The zero-order valence-electron chi connectivity index (χ0n) is 18.1. The topological polar surface area (TPSA) is 84.0 Å². The number of benzene rings is 1. The summed E-state index contributed by atoms with van der Waals surface area (Å²) in [6, 6.07) is 3.86. The minimum absolute atomic E-state index is 0.222. The van der Waals surface area contributed by atoms with Gasteiger partial charge < -0.3 is 9.64 Å². The molecule has 0 saturated carbocycles. The van der Waals surface area contributed by atoms with Gasteiger partial charge in [0.05, 0.1) is 18.2 Å². The van der Waals surface area contributed by atoms with E-state index in [9.17, 15) is 19.2 Å². The molecule has 0 aromatic heterocycles. The Morgan fingerprint density at radius 2 is 1.60 bits per heavy atom. The molecule has 158 valence electrons. The van der Waals surface area contributed by atoms with Crippen LogP contribution < -0.4 is 0 Å². The second-order valence-electron chi connectivity index (χ2n) is 8.89. The van der Waals surface area contributed by atoms with Crippen molar-refractivity contribution in [2.24, 2.45) is 5.92 Å². The SMILES string of the molecule is COC(=O)[C@H](C(C)C)N1C(=O)C(N2C(=O)c3ccccc3C2=O)C1C#C[Si](C)(C)C. The Bertz CT molecular complexity index is 950. The number of rotatable bonds is 4. The van der Waals surface area contributed by atoms with Gasteiger partial charge in [-0.05, 0) is 18.1 Å². The molecule has 0 bridgehead atoms. The number of amides is 3. The van der Waals surface area contributed by atoms with Crippen LogP contribution in [0.2, 0.25) is 19.6 Å². The molecule has 8 heteroatoms. The Morgan fingerprint density at radius 3 is 2.03 bits per heavy atom. The van der Waals surface area contributed by atoms with Gasteiger partial charge in [-0.1, -0.05) is 51.5 Å². The number of carbonyl (C=O) groups is 4. The van der Waals surface area contributed by atoms with E-state index in [2.05, 4.69) is 31.1 Å². The second-order valence-corrected chi connectivity index (χ2v) is 13.6. The zero-order valence-corrected chi connectivity index (χ0v) is 19.1. The Labute approximate surface area is 177 Å². The van der Waals surface area contributed by atoms with Gasteiger partial charge in [0, 0.05) is 0 Å². The Morgan fingerprint density at radius 1 is 1.07 bits per heavy atom. The molecule has 3 atom stereocenters. The summed E-state index contributed by atoms with van der Waals surface area (Å²) in [5.41, 5.74) is 3.78. The predicted octanol–water partition coefficient (Wildman–Crippen LogP) is 1.94. The molecule has 1 saturated heterocycles. The quantitative estimate of drug-likeness (QED) is 0.242. The number of likely N-dealkylation sites (tertiary alicyclic amines) is 1. The molecule has 30 heavy (non-hydrogen) atoms. The molecule has 3 amide bonds. The Kier molecular flexibility index (Phi) is 5.61. The van der Waals surface area contributed by atoms with Gasteiger partial charge in [-0.25, -0.2) is 4.79 Å². The van der Waals surface area contributed by atoms with E-state index in [1.54, 1.807) is 24.3 Å². The van der Waals surface area contributed by atoms with Crippen LogP contribution in [0.1, 0.15) is 34.6 Å². The van der Waals surface area contributed by atoms with Crippen LogP contribution in [0, 0.1) is 17.4 Å². The Hall–Kier alpha value is -2.92. The van der Waals surface area contributed by atoms with E-state index in [-0.39, 0.29) is 17.0 Å². The molecule has 0 aliphatic carbocycles. The number of hydrogen-bond donors (Lipinski definition) is 0. The summed E-state index contributed by atoms with van der Waals surface area (Å²) < 4.78 is 4.91. The van der Waals surface area contributed by atoms with E-state index in [4.69, 9.17) is 4.74 Å². The summed E-state index contributed by atoms with van der Waals surface area (Å²) >= 11 is 0. The molecular weight excluding hydrogens is 400 g/mol. The molecule has 2 unspecified atom stereocenters. The number of imide groups is 1. The first-order valence-corrected chi connectivity index (χ1v) is 13.4. The highest BCUT2D eigenvalue weighted by Gasteiger charge is 2.59. The fourth-order valence-corrected chi connectivity index (χ4v) is 4.36. The minimum atomic E-state index is -1.82. The molecule has 2 heterocycles. The van der Waals surface area contributed by atoms with Crippen molar-refractivity contribution in [3.05, 3.63) is 35.4 Å². The molecule has 0 spiro atoms. The lowest BCUT2D eigenvalue weighted by Crippen LogP contribution is -2.75. The van der Waals surface area contributed by atoms with Gasteiger partial charge >= 0.3 is 5.97 Å². The normalized spacial score (nSPS) is 21.8. The van der Waals surface area contributed by atoms with Gasteiger partial charge in [-0.3, -0.25) is 19.3 Å². The summed E-state index contributed by atoms with van der Waals surface area (Å²) in [4.78, 5) is 53.9.